The lowest BCUT2D eigenvalue weighted by atomic mass is 10.1. The minimum Gasteiger partial charge on any atom is -0.269 e. The molecule has 1 aromatic carbocycles. The molecule has 124 valence electrons. The Labute approximate surface area is 147 Å². The van der Waals surface area contributed by atoms with Crippen LogP contribution in [0.1, 0.15) is 16.4 Å². The molecule has 2 aromatic heterocycles. The van der Waals surface area contributed by atoms with Gasteiger partial charge in [-0.15, -0.1) is 11.3 Å². The third-order valence-electron chi connectivity index (χ3n) is 3.63. The van der Waals surface area contributed by atoms with Crippen molar-refractivity contribution in [1.29, 1.82) is 0 Å². The van der Waals surface area contributed by atoms with Gasteiger partial charge in [-0.3, -0.25) is 14.8 Å². The van der Waals surface area contributed by atoms with Crippen molar-refractivity contribution in [2.75, 3.05) is 0 Å². The van der Waals surface area contributed by atoms with E-state index < -0.39 is 4.92 Å². The topological polar surface area (TPSA) is 73.8 Å². The van der Waals surface area contributed by atoms with Crippen LogP contribution in [0, 0.1) is 24.0 Å². The summed E-state index contributed by atoms with van der Waals surface area (Å²) < 4.78 is 1.96. The van der Waals surface area contributed by atoms with Crippen molar-refractivity contribution in [3.63, 3.8) is 0 Å². The van der Waals surface area contributed by atoms with E-state index in [0.29, 0.717) is 5.56 Å². The fourth-order valence-electron chi connectivity index (χ4n) is 2.47. The number of halogens is 1. The molecule has 8 heteroatoms. The van der Waals surface area contributed by atoms with E-state index in [0.717, 1.165) is 35.1 Å². The highest BCUT2D eigenvalue weighted by Crippen LogP contribution is 2.31. The first-order chi connectivity index (χ1) is 11.4. The van der Waals surface area contributed by atoms with Crippen molar-refractivity contribution in [3.05, 3.63) is 61.2 Å². The maximum Gasteiger partial charge on any atom is 0.288 e. The summed E-state index contributed by atoms with van der Waals surface area (Å²) >= 11 is 7.39. The molecule has 0 bridgehead atoms. The Morgan fingerprint density at radius 2 is 2.12 bits per heavy atom. The molecule has 0 aliphatic heterocycles. The van der Waals surface area contributed by atoms with Crippen molar-refractivity contribution in [2.24, 2.45) is 0 Å². The Bertz CT molecular complexity index is 903. The molecular weight excluding hydrogens is 348 g/mol. The molecule has 0 N–H and O–H groups in total. The summed E-state index contributed by atoms with van der Waals surface area (Å²) in [5, 5.41) is 18.4. The molecule has 0 saturated heterocycles. The van der Waals surface area contributed by atoms with Crippen LogP contribution in [0.3, 0.4) is 0 Å². The van der Waals surface area contributed by atoms with Crippen LogP contribution < -0.4 is 0 Å². The van der Waals surface area contributed by atoms with Gasteiger partial charge in [0.1, 0.15) is 5.02 Å². The minimum absolute atomic E-state index is 0.105. The Balaban J connectivity index is 1.77. The standard InChI is InChI=1S/C16H15ClN4O2S/c1-10-7-11(2)20(19-10)6-5-16-18-14(9-24-16)12-3-4-13(17)15(8-12)21(22)23/h3-4,7-9H,5-6H2,1-2H3. The van der Waals surface area contributed by atoms with E-state index in [9.17, 15) is 10.1 Å². The molecule has 0 aliphatic carbocycles. The second-order valence-corrected chi connectivity index (χ2v) is 6.80. The SMILES string of the molecule is Cc1cc(C)n(CCc2nc(-c3ccc(Cl)c([N+](=O)[O-])c3)cs2)n1. The van der Waals surface area contributed by atoms with Gasteiger partial charge < -0.3 is 0 Å². The Kier molecular flexibility index (Phi) is 4.64. The molecule has 0 spiro atoms. The summed E-state index contributed by atoms with van der Waals surface area (Å²) in [4.78, 5) is 15.1. The van der Waals surface area contributed by atoms with Gasteiger partial charge in [0.2, 0.25) is 0 Å². The fraction of sp³-hybridized carbons (Fsp3) is 0.250. The first-order valence-corrected chi connectivity index (χ1v) is 8.59. The van der Waals surface area contributed by atoms with Crippen LogP contribution >= 0.6 is 22.9 Å². The highest BCUT2D eigenvalue weighted by Gasteiger charge is 2.15. The molecule has 0 atom stereocenters. The molecule has 0 radical (unpaired) electrons. The first-order valence-electron chi connectivity index (χ1n) is 7.34. The summed E-state index contributed by atoms with van der Waals surface area (Å²) in [6, 6.07) is 6.78. The van der Waals surface area contributed by atoms with Gasteiger partial charge in [-0.25, -0.2) is 4.98 Å². The van der Waals surface area contributed by atoms with E-state index >= 15 is 0 Å². The summed E-state index contributed by atoms with van der Waals surface area (Å²) in [5.41, 5.74) is 3.44. The highest BCUT2D eigenvalue weighted by molar-refractivity contribution is 7.09. The highest BCUT2D eigenvalue weighted by atomic mass is 35.5. The number of hydrogen-bond acceptors (Lipinski definition) is 5. The van der Waals surface area contributed by atoms with Crippen LogP contribution in [0.4, 0.5) is 5.69 Å². The molecule has 24 heavy (non-hydrogen) atoms. The maximum atomic E-state index is 11.0. The molecule has 3 rings (SSSR count). The maximum absolute atomic E-state index is 11.0. The molecule has 2 heterocycles. The largest absolute Gasteiger partial charge is 0.288 e. The van der Waals surface area contributed by atoms with Gasteiger partial charge in [0.05, 0.1) is 21.3 Å². The Hall–Kier alpha value is -2.25. The number of hydrogen-bond donors (Lipinski definition) is 0. The Morgan fingerprint density at radius 1 is 1.33 bits per heavy atom. The second kappa shape index (κ2) is 6.70. The second-order valence-electron chi connectivity index (χ2n) is 5.45. The van der Waals surface area contributed by atoms with Gasteiger partial charge in [-0.2, -0.15) is 5.10 Å². The van der Waals surface area contributed by atoms with Crippen LogP contribution in [-0.2, 0) is 13.0 Å². The van der Waals surface area contributed by atoms with Gasteiger partial charge >= 0.3 is 0 Å². The average molecular weight is 363 g/mol. The van der Waals surface area contributed by atoms with Gasteiger partial charge in [0, 0.05) is 35.7 Å². The summed E-state index contributed by atoms with van der Waals surface area (Å²) in [6.07, 6.45) is 0.766. The quantitative estimate of drug-likeness (QED) is 0.497. The number of nitro benzene ring substituents is 1. The summed E-state index contributed by atoms with van der Waals surface area (Å²) in [7, 11) is 0. The predicted molar refractivity (Wildman–Crippen MR) is 94.6 cm³/mol. The summed E-state index contributed by atoms with van der Waals surface area (Å²) in [5.74, 6) is 0. The Morgan fingerprint density at radius 3 is 2.79 bits per heavy atom. The van der Waals surface area contributed by atoms with E-state index in [-0.39, 0.29) is 10.7 Å². The number of benzene rings is 1. The zero-order valence-corrected chi connectivity index (χ0v) is 14.8. The van der Waals surface area contributed by atoms with Crippen molar-refractivity contribution in [2.45, 2.75) is 26.8 Å². The molecule has 0 amide bonds. The first kappa shape index (κ1) is 16.6. The third-order valence-corrected chi connectivity index (χ3v) is 4.86. The van der Waals surface area contributed by atoms with Crippen molar-refractivity contribution in [3.8, 4) is 11.3 Å². The lowest BCUT2D eigenvalue weighted by molar-refractivity contribution is -0.384. The number of thiazole rings is 1. The van der Waals surface area contributed by atoms with Gasteiger partial charge in [-0.05, 0) is 26.0 Å². The normalized spacial score (nSPS) is 11.0. The number of nitrogens with zero attached hydrogens (tertiary/aromatic N) is 4. The zero-order valence-electron chi connectivity index (χ0n) is 13.2. The molecule has 3 aromatic rings. The minimum atomic E-state index is -0.484. The zero-order chi connectivity index (χ0) is 17.3. The number of aryl methyl sites for hydroxylation is 4. The number of rotatable bonds is 5. The summed E-state index contributed by atoms with van der Waals surface area (Å²) in [6.45, 7) is 4.76. The molecular formula is C16H15ClN4O2S. The van der Waals surface area contributed by atoms with Crippen molar-refractivity contribution in [1.82, 2.24) is 14.8 Å². The monoisotopic (exact) mass is 362 g/mol. The van der Waals surface area contributed by atoms with E-state index in [4.69, 9.17) is 11.6 Å². The molecule has 0 unspecified atom stereocenters. The van der Waals surface area contributed by atoms with Crippen LogP contribution in [0.25, 0.3) is 11.3 Å². The molecule has 0 fully saturated rings. The number of aromatic nitrogens is 3. The van der Waals surface area contributed by atoms with E-state index in [1.54, 1.807) is 6.07 Å². The van der Waals surface area contributed by atoms with E-state index in [1.807, 2.05) is 30.0 Å². The lowest BCUT2D eigenvalue weighted by Crippen LogP contribution is -2.05. The molecule has 6 nitrogen and oxygen atoms in total. The van der Waals surface area contributed by atoms with E-state index in [2.05, 4.69) is 10.1 Å². The fourth-order valence-corrected chi connectivity index (χ4v) is 3.46. The lowest BCUT2D eigenvalue weighted by Gasteiger charge is -2.02. The van der Waals surface area contributed by atoms with Crippen molar-refractivity contribution < 1.29 is 4.92 Å². The van der Waals surface area contributed by atoms with Crippen LogP contribution in [0.5, 0.6) is 0 Å². The van der Waals surface area contributed by atoms with Gasteiger partial charge in [-0.1, -0.05) is 17.7 Å². The van der Waals surface area contributed by atoms with Crippen molar-refractivity contribution >= 4 is 28.6 Å². The number of nitro groups is 1. The predicted octanol–water partition coefficient (Wildman–Crippen LogP) is 4.43. The molecule has 0 saturated carbocycles. The van der Waals surface area contributed by atoms with Gasteiger partial charge in [0.25, 0.3) is 5.69 Å². The van der Waals surface area contributed by atoms with Crippen LogP contribution in [-0.4, -0.2) is 19.7 Å². The third kappa shape index (κ3) is 3.47. The smallest absolute Gasteiger partial charge is 0.269 e. The van der Waals surface area contributed by atoms with Crippen LogP contribution in [0.15, 0.2) is 29.6 Å². The molecule has 0 aliphatic rings. The van der Waals surface area contributed by atoms with E-state index in [1.165, 1.54) is 23.5 Å². The average Bonchev–Trinajstić information content (AvgIpc) is 3.12. The van der Waals surface area contributed by atoms with Gasteiger partial charge in [0.15, 0.2) is 0 Å². The van der Waals surface area contributed by atoms with Crippen LogP contribution in [0.2, 0.25) is 5.02 Å².